The van der Waals surface area contributed by atoms with Gasteiger partial charge in [0.15, 0.2) is 5.58 Å². The molecule has 3 aromatic carbocycles. The molecule has 0 aliphatic carbocycles. The number of benzene rings is 3. The third-order valence-electron chi connectivity index (χ3n) is 4.99. The molecule has 0 atom stereocenters. The smallest absolute Gasteiger partial charge is 0.335 e. The van der Waals surface area contributed by atoms with E-state index in [0.717, 1.165) is 5.56 Å². The molecule has 1 N–H and O–H groups in total. The van der Waals surface area contributed by atoms with Crippen molar-refractivity contribution in [3.05, 3.63) is 77.9 Å². The number of carboxylic acid groups (broad SMARTS) is 1. The molecule has 0 saturated carbocycles. The van der Waals surface area contributed by atoms with E-state index in [1.165, 1.54) is 22.5 Å². The molecule has 4 rings (SSSR count). The maximum absolute atomic E-state index is 13.3. The van der Waals surface area contributed by atoms with Gasteiger partial charge in [-0.05, 0) is 61.9 Å². The Morgan fingerprint density at radius 2 is 1.81 bits per heavy atom. The van der Waals surface area contributed by atoms with Crippen LogP contribution in [0.2, 0.25) is 0 Å². The summed E-state index contributed by atoms with van der Waals surface area (Å²) in [6.45, 7) is 3.50. The number of carboxylic acids is 1. The van der Waals surface area contributed by atoms with Crippen molar-refractivity contribution in [3.8, 4) is 11.5 Å². The van der Waals surface area contributed by atoms with E-state index in [2.05, 4.69) is 4.98 Å². The molecule has 0 spiro atoms. The van der Waals surface area contributed by atoms with Crippen molar-refractivity contribution in [2.75, 3.05) is 10.8 Å². The predicted octanol–water partition coefficient (Wildman–Crippen LogP) is 4.72. The fraction of sp³-hybridized carbons (Fsp3) is 0.130. The van der Waals surface area contributed by atoms with E-state index in [9.17, 15) is 18.3 Å². The molecule has 8 heteroatoms. The van der Waals surface area contributed by atoms with Gasteiger partial charge in [-0.2, -0.15) is 0 Å². The number of anilines is 1. The van der Waals surface area contributed by atoms with Gasteiger partial charge in [0.05, 0.1) is 16.1 Å². The van der Waals surface area contributed by atoms with E-state index in [1.54, 1.807) is 32.0 Å². The summed E-state index contributed by atoms with van der Waals surface area (Å²) in [4.78, 5) is 15.9. The first-order valence-corrected chi connectivity index (χ1v) is 11.1. The summed E-state index contributed by atoms with van der Waals surface area (Å²) in [5.74, 6) is -0.724. The fourth-order valence-corrected chi connectivity index (χ4v) is 4.88. The first-order chi connectivity index (χ1) is 14.8. The Balaban J connectivity index is 1.76. The van der Waals surface area contributed by atoms with E-state index >= 15 is 0 Å². The molecule has 0 aliphatic rings. The lowest BCUT2D eigenvalue weighted by molar-refractivity contribution is 0.0696. The summed E-state index contributed by atoms with van der Waals surface area (Å²) >= 11 is 0. The van der Waals surface area contributed by atoms with Crippen LogP contribution in [-0.4, -0.2) is 31.0 Å². The summed E-state index contributed by atoms with van der Waals surface area (Å²) in [5, 5.41) is 9.36. The lowest BCUT2D eigenvalue weighted by Gasteiger charge is -2.23. The van der Waals surface area contributed by atoms with Gasteiger partial charge in [-0.25, -0.2) is 18.2 Å². The molecule has 0 bridgehead atoms. The Bertz CT molecular complexity index is 1380. The highest BCUT2D eigenvalue weighted by molar-refractivity contribution is 7.92. The van der Waals surface area contributed by atoms with Crippen LogP contribution in [0.4, 0.5) is 5.69 Å². The van der Waals surface area contributed by atoms with Gasteiger partial charge in [0, 0.05) is 12.1 Å². The zero-order valence-electron chi connectivity index (χ0n) is 16.9. The molecule has 31 heavy (non-hydrogen) atoms. The van der Waals surface area contributed by atoms with Crippen LogP contribution in [0.3, 0.4) is 0 Å². The van der Waals surface area contributed by atoms with Gasteiger partial charge in [-0.3, -0.25) is 4.31 Å². The molecule has 1 heterocycles. The number of oxazole rings is 1. The molecular formula is C23H20N2O5S. The van der Waals surface area contributed by atoms with Crippen molar-refractivity contribution in [3.63, 3.8) is 0 Å². The first-order valence-electron chi connectivity index (χ1n) is 9.64. The summed E-state index contributed by atoms with van der Waals surface area (Å²) < 4.78 is 33.6. The lowest BCUT2D eigenvalue weighted by Crippen LogP contribution is -2.31. The van der Waals surface area contributed by atoms with Gasteiger partial charge in [-0.15, -0.1) is 0 Å². The number of aromatic carboxylic acids is 1. The highest BCUT2D eigenvalue weighted by atomic mass is 32.2. The largest absolute Gasteiger partial charge is 0.478 e. The number of rotatable bonds is 6. The molecule has 0 radical (unpaired) electrons. The average molecular weight is 436 g/mol. The van der Waals surface area contributed by atoms with Gasteiger partial charge < -0.3 is 9.52 Å². The van der Waals surface area contributed by atoms with E-state index in [-0.39, 0.29) is 17.0 Å². The van der Waals surface area contributed by atoms with Gasteiger partial charge >= 0.3 is 5.97 Å². The standard InChI is InChI=1S/C23H20N2O5S/c1-3-25(31(28,29)18-11-9-15(2)19(14-18)23(26)27)17-10-12-21-20(13-17)24-22(30-21)16-7-5-4-6-8-16/h4-14H,3H2,1-2H3,(H,26,27). The zero-order valence-corrected chi connectivity index (χ0v) is 17.8. The van der Waals surface area contributed by atoms with E-state index in [0.29, 0.717) is 28.2 Å². The van der Waals surface area contributed by atoms with E-state index in [4.69, 9.17) is 4.42 Å². The Kier molecular flexibility index (Phi) is 5.24. The van der Waals surface area contributed by atoms with Crippen LogP contribution in [0, 0.1) is 6.92 Å². The third kappa shape index (κ3) is 3.77. The quantitative estimate of drug-likeness (QED) is 0.469. The number of fused-ring (bicyclic) bond motifs is 1. The number of sulfonamides is 1. The van der Waals surface area contributed by atoms with Gasteiger partial charge in [0.2, 0.25) is 5.89 Å². The van der Waals surface area contributed by atoms with Crippen molar-refractivity contribution in [1.82, 2.24) is 4.98 Å². The lowest BCUT2D eigenvalue weighted by atomic mass is 10.1. The predicted molar refractivity (Wildman–Crippen MR) is 118 cm³/mol. The Labute approximate surface area is 179 Å². The molecular weight excluding hydrogens is 416 g/mol. The molecule has 1 aromatic heterocycles. The van der Waals surface area contributed by atoms with Crippen LogP contribution in [0.5, 0.6) is 0 Å². The number of carbonyl (C=O) groups is 1. The fourth-order valence-electron chi connectivity index (χ4n) is 3.39. The second-order valence-corrected chi connectivity index (χ2v) is 8.85. The van der Waals surface area contributed by atoms with Gasteiger partial charge in [0.25, 0.3) is 10.0 Å². The number of aromatic nitrogens is 1. The van der Waals surface area contributed by atoms with Crippen LogP contribution >= 0.6 is 0 Å². The normalized spacial score (nSPS) is 11.5. The van der Waals surface area contributed by atoms with Gasteiger partial charge in [0.1, 0.15) is 5.52 Å². The van der Waals surface area contributed by atoms with Gasteiger partial charge in [-0.1, -0.05) is 24.3 Å². The number of hydrogen-bond donors (Lipinski definition) is 1. The minimum absolute atomic E-state index is 0.0448. The highest BCUT2D eigenvalue weighted by Gasteiger charge is 2.26. The molecule has 7 nitrogen and oxygen atoms in total. The van der Waals surface area contributed by atoms with Crippen molar-refractivity contribution in [2.24, 2.45) is 0 Å². The van der Waals surface area contributed by atoms with Crippen molar-refractivity contribution in [1.29, 1.82) is 0 Å². The molecule has 0 aliphatic heterocycles. The second kappa shape index (κ2) is 7.88. The minimum atomic E-state index is -3.98. The maximum atomic E-state index is 13.3. The molecule has 0 amide bonds. The topological polar surface area (TPSA) is 101 Å². The van der Waals surface area contributed by atoms with Crippen molar-refractivity contribution >= 4 is 32.8 Å². The van der Waals surface area contributed by atoms with E-state index in [1.807, 2.05) is 30.3 Å². The zero-order chi connectivity index (χ0) is 22.2. The molecule has 4 aromatic rings. The monoisotopic (exact) mass is 436 g/mol. The van der Waals surface area contributed by atoms with Crippen LogP contribution in [0.15, 0.2) is 76.0 Å². The highest BCUT2D eigenvalue weighted by Crippen LogP contribution is 2.30. The van der Waals surface area contributed by atoms with Crippen LogP contribution in [0.1, 0.15) is 22.8 Å². The molecule has 0 saturated heterocycles. The summed E-state index contributed by atoms with van der Waals surface area (Å²) in [5.41, 5.74) is 2.75. The number of nitrogens with zero attached hydrogens (tertiary/aromatic N) is 2. The SMILES string of the molecule is CCN(c1ccc2oc(-c3ccccc3)nc2c1)S(=O)(=O)c1ccc(C)c(C(=O)O)c1. The number of aryl methyl sites for hydroxylation is 1. The Morgan fingerprint density at radius 3 is 2.48 bits per heavy atom. The summed E-state index contributed by atoms with van der Waals surface area (Å²) in [7, 11) is -3.98. The summed E-state index contributed by atoms with van der Waals surface area (Å²) in [6.07, 6.45) is 0. The second-order valence-electron chi connectivity index (χ2n) is 6.99. The number of hydrogen-bond acceptors (Lipinski definition) is 5. The minimum Gasteiger partial charge on any atom is -0.478 e. The van der Waals surface area contributed by atoms with Crippen LogP contribution in [-0.2, 0) is 10.0 Å². The Morgan fingerprint density at radius 1 is 1.06 bits per heavy atom. The summed E-state index contributed by atoms with van der Waals surface area (Å²) in [6, 6.07) is 18.5. The van der Waals surface area contributed by atoms with Crippen molar-refractivity contribution < 1.29 is 22.7 Å². The average Bonchev–Trinajstić information content (AvgIpc) is 3.18. The third-order valence-corrected chi connectivity index (χ3v) is 6.89. The Hall–Kier alpha value is -3.65. The van der Waals surface area contributed by atoms with Crippen LogP contribution in [0.25, 0.3) is 22.6 Å². The maximum Gasteiger partial charge on any atom is 0.335 e. The van der Waals surface area contributed by atoms with Crippen molar-refractivity contribution in [2.45, 2.75) is 18.7 Å². The molecule has 158 valence electrons. The first kappa shape index (κ1) is 20.6. The molecule has 0 fully saturated rings. The van der Waals surface area contributed by atoms with E-state index < -0.39 is 16.0 Å². The molecule has 0 unspecified atom stereocenters. The van der Waals surface area contributed by atoms with Crippen LogP contribution < -0.4 is 4.31 Å².